The number of hydrogen-bond donors (Lipinski definition) is 0. The predicted octanol–water partition coefficient (Wildman–Crippen LogP) is 4.53. The van der Waals surface area contributed by atoms with Crippen LogP contribution in [0.2, 0.25) is 0 Å². The van der Waals surface area contributed by atoms with Crippen molar-refractivity contribution in [1.29, 1.82) is 0 Å². The van der Waals surface area contributed by atoms with E-state index in [1.165, 1.54) is 11.8 Å². The van der Waals surface area contributed by atoms with E-state index in [4.69, 9.17) is 0 Å². The molecule has 122 valence electrons. The number of Topliss-reactive ketones (excluding diaryl/α,β-unsaturated/α-hetero) is 1. The van der Waals surface area contributed by atoms with E-state index in [2.05, 4.69) is 26.1 Å². The monoisotopic (exact) mass is 401 g/mol. The molecule has 0 N–H and O–H groups in total. The Labute approximate surface area is 153 Å². The lowest BCUT2D eigenvalue weighted by molar-refractivity contribution is 0.102. The Morgan fingerprint density at radius 2 is 1.83 bits per heavy atom. The molecule has 24 heavy (non-hydrogen) atoms. The fourth-order valence-electron chi connectivity index (χ4n) is 2.27. The third-order valence-electron chi connectivity index (χ3n) is 3.66. The summed E-state index contributed by atoms with van der Waals surface area (Å²) in [5.74, 6) is 1.20. The van der Waals surface area contributed by atoms with Gasteiger partial charge in [-0.3, -0.25) is 4.79 Å². The largest absolute Gasteiger partial charge is 0.305 e. The molecule has 3 rings (SSSR count). The van der Waals surface area contributed by atoms with Crippen LogP contribution in [0.3, 0.4) is 0 Å². The van der Waals surface area contributed by atoms with Crippen molar-refractivity contribution < 1.29 is 4.79 Å². The molecule has 0 bridgehead atoms. The zero-order valence-corrected chi connectivity index (χ0v) is 15.8. The van der Waals surface area contributed by atoms with Gasteiger partial charge in [0.1, 0.15) is 0 Å². The average molecular weight is 402 g/mol. The van der Waals surface area contributed by atoms with Gasteiger partial charge in [-0.1, -0.05) is 75.7 Å². The SMILES string of the molecule is Cc1ccc(C(=O)CSc2nnc(-c3ccccc3Br)n2C)cc1. The molecule has 0 amide bonds. The second kappa shape index (κ2) is 7.32. The van der Waals surface area contributed by atoms with Gasteiger partial charge >= 0.3 is 0 Å². The van der Waals surface area contributed by atoms with E-state index in [1.54, 1.807) is 0 Å². The van der Waals surface area contributed by atoms with Crippen molar-refractivity contribution in [2.75, 3.05) is 5.75 Å². The number of aryl methyl sites for hydroxylation is 1. The fraction of sp³-hybridized carbons (Fsp3) is 0.167. The van der Waals surface area contributed by atoms with Crippen LogP contribution in [-0.4, -0.2) is 26.3 Å². The number of nitrogens with zero attached hydrogens (tertiary/aromatic N) is 3. The van der Waals surface area contributed by atoms with Crippen LogP contribution in [0.25, 0.3) is 11.4 Å². The molecule has 0 radical (unpaired) electrons. The molecule has 0 spiro atoms. The van der Waals surface area contributed by atoms with Gasteiger partial charge in [0.05, 0.1) is 5.75 Å². The normalized spacial score (nSPS) is 10.8. The molecule has 0 unspecified atom stereocenters. The number of aromatic nitrogens is 3. The maximum absolute atomic E-state index is 12.3. The van der Waals surface area contributed by atoms with Crippen molar-refractivity contribution in [1.82, 2.24) is 14.8 Å². The summed E-state index contributed by atoms with van der Waals surface area (Å²) in [7, 11) is 1.91. The van der Waals surface area contributed by atoms with Crippen LogP contribution in [0.1, 0.15) is 15.9 Å². The van der Waals surface area contributed by atoms with E-state index in [0.29, 0.717) is 5.75 Å². The first-order valence-electron chi connectivity index (χ1n) is 7.43. The highest BCUT2D eigenvalue weighted by atomic mass is 79.9. The molecule has 0 aliphatic carbocycles. The zero-order chi connectivity index (χ0) is 17.1. The molecule has 0 saturated carbocycles. The first-order chi connectivity index (χ1) is 11.6. The lowest BCUT2D eigenvalue weighted by atomic mass is 10.1. The van der Waals surface area contributed by atoms with Gasteiger partial charge in [-0.15, -0.1) is 10.2 Å². The molecule has 0 atom stereocenters. The molecule has 0 aliphatic heterocycles. The highest BCUT2D eigenvalue weighted by Crippen LogP contribution is 2.28. The molecule has 6 heteroatoms. The van der Waals surface area contributed by atoms with Crippen molar-refractivity contribution in [2.45, 2.75) is 12.1 Å². The minimum Gasteiger partial charge on any atom is -0.305 e. The number of carbonyl (C=O) groups is 1. The first kappa shape index (κ1) is 16.9. The van der Waals surface area contributed by atoms with Gasteiger partial charge in [-0.25, -0.2) is 0 Å². The van der Waals surface area contributed by atoms with Crippen molar-refractivity contribution in [2.24, 2.45) is 7.05 Å². The Morgan fingerprint density at radius 1 is 1.12 bits per heavy atom. The van der Waals surface area contributed by atoms with Gasteiger partial charge in [0.2, 0.25) is 0 Å². The molecule has 0 aliphatic rings. The van der Waals surface area contributed by atoms with Crippen molar-refractivity contribution in [3.05, 3.63) is 64.1 Å². The second-order valence-corrected chi connectivity index (χ2v) is 7.22. The minimum absolute atomic E-state index is 0.0884. The van der Waals surface area contributed by atoms with Gasteiger partial charge in [0.15, 0.2) is 16.8 Å². The number of benzene rings is 2. The molecule has 3 aromatic rings. The summed E-state index contributed by atoms with van der Waals surface area (Å²) in [6.45, 7) is 2.01. The standard InChI is InChI=1S/C18H16BrN3OS/c1-12-7-9-13(10-8-12)16(23)11-24-18-21-20-17(22(18)2)14-5-3-4-6-15(14)19/h3-10H,11H2,1-2H3. The third-order valence-corrected chi connectivity index (χ3v) is 5.37. The smallest absolute Gasteiger partial charge is 0.191 e. The highest BCUT2D eigenvalue weighted by molar-refractivity contribution is 9.10. The van der Waals surface area contributed by atoms with Gasteiger partial charge in [-0.05, 0) is 13.0 Å². The third kappa shape index (κ3) is 3.60. The molecular weight excluding hydrogens is 386 g/mol. The van der Waals surface area contributed by atoms with Gasteiger partial charge in [-0.2, -0.15) is 0 Å². The Balaban J connectivity index is 1.74. The summed E-state index contributed by atoms with van der Waals surface area (Å²) < 4.78 is 2.88. The number of thioether (sulfide) groups is 1. The Kier molecular flexibility index (Phi) is 5.16. The summed E-state index contributed by atoms with van der Waals surface area (Å²) in [6.07, 6.45) is 0. The lowest BCUT2D eigenvalue weighted by Crippen LogP contribution is -2.04. The maximum atomic E-state index is 12.3. The fourth-order valence-corrected chi connectivity index (χ4v) is 3.54. The first-order valence-corrected chi connectivity index (χ1v) is 9.21. The Hall–Kier alpha value is -1.92. The minimum atomic E-state index is 0.0884. The number of ketones is 1. The van der Waals surface area contributed by atoms with Crippen molar-refractivity contribution >= 4 is 33.5 Å². The summed E-state index contributed by atoms with van der Waals surface area (Å²) in [5, 5.41) is 9.20. The van der Waals surface area contributed by atoms with Crippen LogP contribution < -0.4 is 0 Å². The van der Waals surface area contributed by atoms with Crippen LogP contribution in [0.4, 0.5) is 0 Å². The zero-order valence-electron chi connectivity index (χ0n) is 13.4. The predicted molar refractivity (Wildman–Crippen MR) is 100 cm³/mol. The van der Waals surface area contributed by atoms with E-state index in [-0.39, 0.29) is 5.78 Å². The van der Waals surface area contributed by atoms with Gasteiger partial charge in [0, 0.05) is 22.6 Å². The number of rotatable bonds is 5. The summed E-state index contributed by atoms with van der Waals surface area (Å²) in [4.78, 5) is 12.3. The van der Waals surface area contributed by atoms with Crippen LogP contribution >= 0.6 is 27.7 Å². The molecule has 0 fully saturated rings. The summed E-state index contributed by atoms with van der Waals surface area (Å²) >= 11 is 4.93. The van der Waals surface area contributed by atoms with E-state index < -0.39 is 0 Å². The van der Waals surface area contributed by atoms with Crippen molar-refractivity contribution in [3.8, 4) is 11.4 Å². The highest BCUT2D eigenvalue weighted by Gasteiger charge is 2.15. The van der Waals surface area contributed by atoms with Crippen molar-refractivity contribution in [3.63, 3.8) is 0 Å². The van der Waals surface area contributed by atoms with E-state index >= 15 is 0 Å². The Morgan fingerprint density at radius 3 is 2.54 bits per heavy atom. The summed E-state index contributed by atoms with van der Waals surface area (Å²) in [6, 6.07) is 15.5. The number of carbonyl (C=O) groups excluding carboxylic acids is 1. The molecule has 4 nitrogen and oxygen atoms in total. The average Bonchev–Trinajstić information content (AvgIpc) is 2.94. The molecule has 1 aromatic heterocycles. The number of halogens is 1. The number of hydrogen-bond acceptors (Lipinski definition) is 4. The van der Waals surface area contributed by atoms with E-state index in [0.717, 1.165) is 32.1 Å². The summed E-state index contributed by atoms with van der Waals surface area (Å²) in [5.41, 5.74) is 2.84. The molecule has 0 saturated heterocycles. The van der Waals surface area contributed by atoms with E-state index in [1.807, 2.05) is 67.1 Å². The van der Waals surface area contributed by atoms with Crippen LogP contribution in [0.5, 0.6) is 0 Å². The molecule has 2 aromatic carbocycles. The molecule has 1 heterocycles. The van der Waals surface area contributed by atoms with Crippen LogP contribution in [-0.2, 0) is 7.05 Å². The second-order valence-electron chi connectivity index (χ2n) is 5.42. The van der Waals surface area contributed by atoms with Gasteiger partial charge < -0.3 is 4.57 Å². The maximum Gasteiger partial charge on any atom is 0.191 e. The lowest BCUT2D eigenvalue weighted by Gasteiger charge is -2.05. The quantitative estimate of drug-likeness (QED) is 0.465. The van der Waals surface area contributed by atoms with Gasteiger partial charge in [0.25, 0.3) is 0 Å². The molecular formula is C18H16BrN3OS. The van der Waals surface area contributed by atoms with E-state index in [9.17, 15) is 4.79 Å². The topological polar surface area (TPSA) is 47.8 Å². The van der Waals surface area contributed by atoms with Crippen LogP contribution in [0.15, 0.2) is 58.2 Å². The Bertz CT molecular complexity index is 874. The van der Waals surface area contributed by atoms with Crippen LogP contribution in [0, 0.1) is 6.92 Å².